The highest BCUT2D eigenvalue weighted by atomic mass is 32.2. The maximum absolute atomic E-state index is 11.7. The Hall–Kier alpha value is -1.27. The Morgan fingerprint density at radius 1 is 1.56 bits per heavy atom. The van der Waals surface area contributed by atoms with Crippen molar-refractivity contribution in [3.63, 3.8) is 0 Å². The zero-order valence-electron chi connectivity index (χ0n) is 11.0. The molecule has 0 saturated heterocycles. The molecule has 0 bridgehead atoms. The zero-order valence-corrected chi connectivity index (χ0v) is 11.8. The van der Waals surface area contributed by atoms with Gasteiger partial charge >= 0.3 is 5.97 Å². The van der Waals surface area contributed by atoms with E-state index >= 15 is 0 Å². The standard InChI is InChI=1S/C12H19N3O2S/c1-4-17-12(16)9-7-11(14-8-10(9)13)18-6-5-15(2)3/h7-8H,4-6,13H2,1-3H3. The lowest BCUT2D eigenvalue weighted by atomic mass is 10.2. The summed E-state index contributed by atoms with van der Waals surface area (Å²) >= 11 is 1.59. The first-order chi connectivity index (χ1) is 8.54. The van der Waals surface area contributed by atoms with Crippen LogP contribution in [-0.4, -0.2) is 48.9 Å². The van der Waals surface area contributed by atoms with Gasteiger partial charge in [0.25, 0.3) is 0 Å². The smallest absolute Gasteiger partial charge is 0.340 e. The minimum Gasteiger partial charge on any atom is -0.462 e. The number of rotatable bonds is 6. The molecule has 0 amide bonds. The number of hydrogen-bond donors (Lipinski definition) is 1. The van der Waals surface area contributed by atoms with Crippen molar-refractivity contribution in [2.24, 2.45) is 0 Å². The van der Waals surface area contributed by atoms with Gasteiger partial charge in [-0.25, -0.2) is 9.78 Å². The molecule has 0 saturated carbocycles. The van der Waals surface area contributed by atoms with Gasteiger partial charge < -0.3 is 15.4 Å². The van der Waals surface area contributed by atoms with Gasteiger partial charge in [-0.2, -0.15) is 0 Å². The predicted molar refractivity (Wildman–Crippen MR) is 73.9 cm³/mol. The van der Waals surface area contributed by atoms with Gasteiger partial charge in [-0.05, 0) is 27.1 Å². The molecule has 0 unspecified atom stereocenters. The van der Waals surface area contributed by atoms with Gasteiger partial charge in [0, 0.05) is 12.3 Å². The summed E-state index contributed by atoms with van der Waals surface area (Å²) in [7, 11) is 4.03. The molecule has 5 nitrogen and oxygen atoms in total. The molecule has 0 fully saturated rings. The summed E-state index contributed by atoms with van der Waals surface area (Å²) < 4.78 is 4.94. The van der Waals surface area contributed by atoms with Gasteiger partial charge in [-0.1, -0.05) is 0 Å². The van der Waals surface area contributed by atoms with E-state index in [1.807, 2.05) is 14.1 Å². The Morgan fingerprint density at radius 2 is 2.28 bits per heavy atom. The molecule has 0 aliphatic carbocycles. The van der Waals surface area contributed by atoms with Gasteiger partial charge in [-0.3, -0.25) is 0 Å². The fraction of sp³-hybridized carbons (Fsp3) is 0.500. The van der Waals surface area contributed by atoms with Crippen LogP contribution in [0.1, 0.15) is 17.3 Å². The third-order valence-corrected chi connectivity index (χ3v) is 3.10. The summed E-state index contributed by atoms with van der Waals surface area (Å²) in [5.41, 5.74) is 6.46. The number of carbonyl (C=O) groups is 1. The van der Waals surface area contributed by atoms with Crippen molar-refractivity contribution in [3.05, 3.63) is 17.8 Å². The fourth-order valence-corrected chi connectivity index (χ4v) is 2.24. The number of nitrogens with two attached hydrogens (primary N) is 1. The molecule has 100 valence electrons. The van der Waals surface area contributed by atoms with Crippen molar-refractivity contribution < 1.29 is 9.53 Å². The lowest BCUT2D eigenvalue weighted by molar-refractivity contribution is 0.0527. The molecule has 18 heavy (non-hydrogen) atoms. The lowest BCUT2D eigenvalue weighted by Gasteiger charge is -2.09. The average molecular weight is 269 g/mol. The molecule has 1 heterocycles. The predicted octanol–water partition coefficient (Wildman–Crippen LogP) is 1.49. The average Bonchev–Trinajstić information content (AvgIpc) is 2.31. The van der Waals surface area contributed by atoms with E-state index in [0.717, 1.165) is 17.3 Å². The number of hydrogen-bond acceptors (Lipinski definition) is 6. The minimum atomic E-state index is -0.396. The van der Waals surface area contributed by atoms with Gasteiger partial charge in [-0.15, -0.1) is 11.8 Å². The van der Waals surface area contributed by atoms with Crippen LogP contribution in [0.2, 0.25) is 0 Å². The van der Waals surface area contributed by atoms with E-state index in [1.165, 1.54) is 6.20 Å². The third-order valence-electron chi connectivity index (χ3n) is 2.19. The molecular weight excluding hydrogens is 250 g/mol. The SMILES string of the molecule is CCOC(=O)c1cc(SCCN(C)C)ncc1N. The number of anilines is 1. The molecule has 0 aromatic carbocycles. The lowest BCUT2D eigenvalue weighted by Crippen LogP contribution is -2.15. The summed E-state index contributed by atoms with van der Waals surface area (Å²) in [4.78, 5) is 17.9. The number of thioether (sulfide) groups is 1. The van der Waals surface area contributed by atoms with Crippen molar-refractivity contribution in [1.82, 2.24) is 9.88 Å². The highest BCUT2D eigenvalue weighted by Gasteiger charge is 2.12. The van der Waals surface area contributed by atoms with Gasteiger partial charge in [0.2, 0.25) is 0 Å². The van der Waals surface area contributed by atoms with E-state index in [2.05, 4.69) is 9.88 Å². The maximum atomic E-state index is 11.7. The quantitative estimate of drug-likeness (QED) is 0.623. The number of nitrogens with zero attached hydrogens (tertiary/aromatic N) is 2. The van der Waals surface area contributed by atoms with E-state index in [-0.39, 0.29) is 0 Å². The largest absolute Gasteiger partial charge is 0.462 e. The minimum absolute atomic E-state index is 0.337. The van der Waals surface area contributed by atoms with Crippen molar-refractivity contribution in [2.45, 2.75) is 11.9 Å². The summed E-state index contributed by atoms with van der Waals surface area (Å²) in [6.45, 7) is 3.05. The number of esters is 1. The summed E-state index contributed by atoms with van der Waals surface area (Å²) in [6, 6.07) is 1.69. The Labute approximate surface area is 112 Å². The van der Waals surface area contributed by atoms with E-state index in [1.54, 1.807) is 24.8 Å². The Morgan fingerprint density at radius 3 is 2.89 bits per heavy atom. The molecule has 2 N–H and O–H groups in total. The first kappa shape index (κ1) is 14.8. The summed E-state index contributed by atoms with van der Waals surface area (Å²) in [5.74, 6) is 0.512. The topological polar surface area (TPSA) is 68.5 Å². The number of pyridine rings is 1. The molecule has 0 spiro atoms. The summed E-state index contributed by atoms with van der Waals surface area (Å²) in [5, 5.41) is 0.786. The number of ether oxygens (including phenoxy) is 1. The van der Waals surface area contributed by atoms with Gasteiger partial charge in [0.1, 0.15) is 0 Å². The molecule has 0 aliphatic rings. The zero-order chi connectivity index (χ0) is 13.5. The molecule has 0 atom stereocenters. The van der Waals surface area contributed by atoms with E-state index < -0.39 is 5.97 Å². The van der Waals surface area contributed by atoms with Crippen molar-refractivity contribution in [1.29, 1.82) is 0 Å². The van der Waals surface area contributed by atoms with Crippen LogP contribution in [-0.2, 0) is 4.74 Å². The van der Waals surface area contributed by atoms with Crippen LogP contribution in [0.25, 0.3) is 0 Å². The fourth-order valence-electron chi connectivity index (χ4n) is 1.24. The van der Waals surface area contributed by atoms with Crippen molar-refractivity contribution in [3.8, 4) is 0 Å². The third kappa shape index (κ3) is 4.54. The molecule has 1 rings (SSSR count). The highest BCUT2D eigenvalue weighted by molar-refractivity contribution is 7.99. The molecule has 0 radical (unpaired) electrons. The van der Waals surface area contributed by atoms with Crippen LogP contribution in [0.3, 0.4) is 0 Å². The second-order valence-corrected chi connectivity index (χ2v) is 5.10. The second-order valence-electron chi connectivity index (χ2n) is 3.98. The van der Waals surface area contributed by atoms with Crippen LogP contribution in [0.4, 0.5) is 5.69 Å². The van der Waals surface area contributed by atoms with Crippen molar-refractivity contribution >= 4 is 23.4 Å². The normalized spacial score (nSPS) is 10.7. The van der Waals surface area contributed by atoms with Crippen LogP contribution in [0, 0.1) is 0 Å². The number of carbonyl (C=O) groups excluding carboxylic acids is 1. The Bertz CT molecular complexity index is 410. The second kappa shape index (κ2) is 7.23. The monoisotopic (exact) mass is 269 g/mol. The molecule has 1 aromatic rings. The highest BCUT2D eigenvalue weighted by Crippen LogP contribution is 2.20. The summed E-state index contributed by atoms with van der Waals surface area (Å²) in [6.07, 6.45) is 1.50. The van der Waals surface area contributed by atoms with E-state index in [9.17, 15) is 4.79 Å². The first-order valence-electron chi connectivity index (χ1n) is 5.74. The Kier molecular flexibility index (Phi) is 5.94. The number of nitrogen functional groups attached to an aromatic ring is 1. The van der Waals surface area contributed by atoms with Crippen molar-refractivity contribution in [2.75, 3.05) is 38.7 Å². The Balaban J connectivity index is 2.71. The van der Waals surface area contributed by atoms with E-state index in [4.69, 9.17) is 10.5 Å². The van der Waals surface area contributed by atoms with Gasteiger partial charge in [0.15, 0.2) is 0 Å². The molecule has 1 aromatic heterocycles. The van der Waals surface area contributed by atoms with Crippen LogP contribution < -0.4 is 5.73 Å². The first-order valence-corrected chi connectivity index (χ1v) is 6.73. The number of aromatic nitrogens is 1. The van der Waals surface area contributed by atoms with Crippen LogP contribution in [0.5, 0.6) is 0 Å². The molecule has 0 aliphatic heterocycles. The van der Waals surface area contributed by atoms with E-state index in [0.29, 0.717) is 17.9 Å². The van der Waals surface area contributed by atoms with Gasteiger partial charge in [0.05, 0.1) is 29.1 Å². The molecule has 6 heteroatoms. The maximum Gasteiger partial charge on any atom is 0.340 e. The molecular formula is C12H19N3O2S. The van der Waals surface area contributed by atoms with Crippen LogP contribution >= 0.6 is 11.8 Å². The van der Waals surface area contributed by atoms with Crippen LogP contribution in [0.15, 0.2) is 17.3 Å².